The van der Waals surface area contributed by atoms with Gasteiger partial charge in [-0.15, -0.1) is 0 Å². The van der Waals surface area contributed by atoms with Gasteiger partial charge in [0.15, 0.2) is 0 Å². The summed E-state index contributed by atoms with van der Waals surface area (Å²) in [5, 5.41) is 12.6. The van der Waals surface area contributed by atoms with E-state index in [1.54, 1.807) is 11.0 Å². The minimum Gasteiger partial charge on any atom is -0.481 e. The van der Waals surface area contributed by atoms with Crippen LogP contribution in [0.5, 0.6) is 0 Å². The van der Waals surface area contributed by atoms with E-state index in [4.69, 9.17) is 11.6 Å². The van der Waals surface area contributed by atoms with Gasteiger partial charge in [0.1, 0.15) is 0 Å². The number of amides is 2. The fraction of sp³-hybridized carbons (Fsp3) is 0.526. The number of likely N-dealkylation sites (tertiary alicyclic amines) is 1. The summed E-state index contributed by atoms with van der Waals surface area (Å²) in [7, 11) is 0. The molecule has 1 fully saturated rings. The van der Waals surface area contributed by atoms with Gasteiger partial charge in [0.05, 0.1) is 6.42 Å². The number of halogens is 1. The Balaban J connectivity index is 2.27. The smallest absolute Gasteiger partial charge is 0.304 e. The number of nitrogens with zero attached hydrogens (tertiary/aromatic N) is 1. The molecule has 2 N–H and O–H groups in total. The summed E-state index contributed by atoms with van der Waals surface area (Å²) in [5.41, 5.74) is 1.000. The van der Waals surface area contributed by atoms with Gasteiger partial charge in [-0.1, -0.05) is 30.7 Å². The number of hydrogen-bond donors (Lipinski definition) is 2. The van der Waals surface area contributed by atoms with Gasteiger partial charge in [-0.05, 0) is 30.5 Å². The van der Waals surface area contributed by atoms with E-state index in [0.29, 0.717) is 31.0 Å². The van der Waals surface area contributed by atoms with Crippen LogP contribution in [0.25, 0.3) is 0 Å². The summed E-state index contributed by atoms with van der Waals surface area (Å²) in [4.78, 5) is 37.1. The fourth-order valence-corrected chi connectivity index (χ4v) is 3.73. The normalized spacial score (nSPS) is 21.3. The first-order valence-corrected chi connectivity index (χ1v) is 9.21. The first-order valence-electron chi connectivity index (χ1n) is 8.84. The van der Waals surface area contributed by atoms with Crippen molar-refractivity contribution in [1.29, 1.82) is 0 Å². The molecule has 26 heavy (non-hydrogen) atoms. The molecule has 2 unspecified atom stereocenters. The molecule has 1 saturated heterocycles. The zero-order valence-corrected chi connectivity index (χ0v) is 15.8. The summed E-state index contributed by atoms with van der Waals surface area (Å²) in [6.45, 7) is 4.24. The van der Waals surface area contributed by atoms with E-state index in [-0.39, 0.29) is 30.2 Å². The van der Waals surface area contributed by atoms with Gasteiger partial charge in [0.25, 0.3) is 0 Å². The first-order chi connectivity index (χ1) is 12.3. The Morgan fingerprint density at radius 3 is 2.73 bits per heavy atom. The lowest BCUT2D eigenvalue weighted by Crippen LogP contribution is -2.53. The average molecular weight is 381 g/mol. The summed E-state index contributed by atoms with van der Waals surface area (Å²) in [6.07, 6.45) is 0.968. The first kappa shape index (κ1) is 20.2. The minimum absolute atomic E-state index is 0.0159. The van der Waals surface area contributed by atoms with Crippen molar-refractivity contribution in [2.75, 3.05) is 13.1 Å². The zero-order chi connectivity index (χ0) is 19.3. The highest BCUT2D eigenvalue weighted by atomic mass is 35.5. The van der Waals surface area contributed by atoms with E-state index in [9.17, 15) is 19.5 Å². The lowest BCUT2D eigenvalue weighted by molar-refractivity contribution is -0.148. The maximum Gasteiger partial charge on any atom is 0.304 e. The largest absolute Gasteiger partial charge is 0.481 e. The number of piperidine rings is 1. The molecule has 0 aromatic heterocycles. The number of carboxylic acids is 1. The molecule has 2 rings (SSSR count). The molecule has 1 heterocycles. The summed E-state index contributed by atoms with van der Waals surface area (Å²) in [5.74, 6) is -1.84. The van der Waals surface area contributed by atoms with Crippen LogP contribution in [0.3, 0.4) is 0 Å². The average Bonchev–Trinajstić information content (AvgIpc) is 2.57. The number of carbonyl (C=O) groups is 3. The molecule has 3 atom stereocenters. The molecule has 0 saturated carbocycles. The van der Waals surface area contributed by atoms with Crippen LogP contribution in [-0.4, -0.2) is 46.9 Å². The fourth-order valence-electron chi connectivity index (χ4n) is 3.53. The van der Waals surface area contributed by atoms with Crippen molar-refractivity contribution in [3.63, 3.8) is 0 Å². The van der Waals surface area contributed by atoms with Crippen molar-refractivity contribution in [2.45, 2.75) is 45.1 Å². The van der Waals surface area contributed by atoms with Crippen molar-refractivity contribution in [2.24, 2.45) is 5.92 Å². The molecule has 0 aliphatic carbocycles. The Labute approximate surface area is 158 Å². The molecule has 142 valence electrons. The number of nitrogens with one attached hydrogen (secondary N) is 1. The number of aliphatic carboxylic acids is 1. The van der Waals surface area contributed by atoms with Gasteiger partial charge in [-0.25, -0.2) is 0 Å². The van der Waals surface area contributed by atoms with Gasteiger partial charge in [-0.2, -0.15) is 0 Å². The van der Waals surface area contributed by atoms with Crippen molar-refractivity contribution in [1.82, 2.24) is 10.2 Å². The van der Waals surface area contributed by atoms with Crippen molar-refractivity contribution in [3.8, 4) is 0 Å². The Kier molecular flexibility index (Phi) is 7.03. The van der Waals surface area contributed by atoms with E-state index in [0.717, 1.165) is 5.56 Å². The highest BCUT2D eigenvalue weighted by Gasteiger charge is 2.38. The Hall–Kier alpha value is -2.08. The third-order valence-electron chi connectivity index (χ3n) is 4.86. The van der Waals surface area contributed by atoms with E-state index in [1.165, 1.54) is 6.92 Å². The standard InChI is InChI=1S/C19H25ClN2O4/c1-3-17(10-21-12(2)23)22-11-15(13-5-4-6-16(20)8-13)7-14(19(22)26)9-18(24)25/h4-6,8,14-15,17H,3,7,9-11H2,1-2H3,(H,21,23)(H,24,25)/t14?,15?,17-/m0/s1. The molecule has 7 heteroatoms. The van der Waals surface area contributed by atoms with E-state index < -0.39 is 11.9 Å². The lowest BCUT2D eigenvalue weighted by Gasteiger charge is -2.41. The van der Waals surface area contributed by atoms with E-state index >= 15 is 0 Å². The molecule has 0 spiro atoms. The minimum atomic E-state index is -0.982. The highest BCUT2D eigenvalue weighted by Crippen LogP contribution is 2.35. The predicted octanol–water partition coefficient (Wildman–Crippen LogP) is 2.66. The van der Waals surface area contributed by atoms with Gasteiger partial charge in [0.2, 0.25) is 11.8 Å². The Morgan fingerprint density at radius 1 is 1.42 bits per heavy atom. The van der Waals surface area contributed by atoms with Crippen LogP contribution in [0.1, 0.15) is 44.6 Å². The predicted molar refractivity (Wildman–Crippen MR) is 99.0 cm³/mol. The van der Waals surface area contributed by atoms with Gasteiger partial charge < -0.3 is 15.3 Å². The van der Waals surface area contributed by atoms with Crippen molar-refractivity contribution >= 4 is 29.4 Å². The molecule has 2 amide bonds. The molecule has 1 aliphatic heterocycles. The number of carbonyl (C=O) groups excluding carboxylic acids is 2. The maximum absolute atomic E-state index is 12.9. The third-order valence-corrected chi connectivity index (χ3v) is 5.09. The number of benzene rings is 1. The summed E-state index contributed by atoms with van der Waals surface area (Å²) < 4.78 is 0. The molecule has 1 aromatic carbocycles. The molecule has 1 aromatic rings. The van der Waals surface area contributed by atoms with Gasteiger partial charge in [0, 0.05) is 42.9 Å². The number of rotatable bonds is 7. The van der Waals surface area contributed by atoms with Gasteiger partial charge in [-0.3, -0.25) is 14.4 Å². The third kappa shape index (κ3) is 5.21. The van der Waals surface area contributed by atoms with Crippen molar-refractivity contribution in [3.05, 3.63) is 34.9 Å². The van der Waals surface area contributed by atoms with Gasteiger partial charge >= 0.3 is 5.97 Å². The van der Waals surface area contributed by atoms with Crippen LogP contribution in [0, 0.1) is 5.92 Å². The summed E-state index contributed by atoms with van der Waals surface area (Å²) in [6, 6.07) is 7.31. The van der Waals surface area contributed by atoms with Crippen LogP contribution in [-0.2, 0) is 14.4 Å². The maximum atomic E-state index is 12.9. The second kappa shape index (κ2) is 9.03. The monoisotopic (exact) mass is 380 g/mol. The molecular formula is C19H25ClN2O4. The van der Waals surface area contributed by atoms with Crippen molar-refractivity contribution < 1.29 is 19.5 Å². The zero-order valence-electron chi connectivity index (χ0n) is 15.1. The van der Waals surface area contributed by atoms with Crippen LogP contribution in [0.2, 0.25) is 5.02 Å². The summed E-state index contributed by atoms with van der Waals surface area (Å²) >= 11 is 6.10. The van der Waals surface area contributed by atoms with Crippen LogP contribution in [0.4, 0.5) is 0 Å². The second-order valence-corrected chi connectivity index (χ2v) is 7.21. The Bertz CT molecular complexity index is 679. The molecule has 0 bridgehead atoms. The van der Waals surface area contributed by atoms with E-state index in [2.05, 4.69) is 5.32 Å². The molecule has 6 nitrogen and oxygen atoms in total. The van der Waals surface area contributed by atoms with Crippen LogP contribution in [0.15, 0.2) is 24.3 Å². The quantitative estimate of drug-likeness (QED) is 0.761. The topological polar surface area (TPSA) is 86.7 Å². The van der Waals surface area contributed by atoms with Crippen LogP contribution >= 0.6 is 11.6 Å². The van der Waals surface area contributed by atoms with Crippen LogP contribution < -0.4 is 5.32 Å². The second-order valence-electron chi connectivity index (χ2n) is 6.77. The highest BCUT2D eigenvalue weighted by molar-refractivity contribution is 6.30. The number of hydrogen-bond acceptors (Lipinski definition) is 3. The lowest BCUT2D eigenvalue weighted by atomic mass is 9.81. The molecule has 1 aliphatic rings. The number of carboxylic acid groups (broad SMARTS) is 1. The SMILES string of the molecule is CC[C@@H](CNC(C)=O)N1CC(c2cccc(Cl)c2)CC(CC(=O)O)C1=O. The molecular weight excluding hydrogens is 356 g/mol. The van der Waals surface area contributed by atoms with E-state index in [1.807, 2.05) is 25.1 Å². The Morgan fingerprint density at radius 2 is 2.15 bits per heavy atom. The molecule has 0 radical (unpaired) electrons.